The Hall–Kier alpha value is -0.970. The van der Waals surface area contributed by atoms with E-state index in [-0.39, 0.29) is 6.54 Å². The molecule has 1 aromatic heterocycles. The number of sulfonamides is 1. The fourth-order valence-corrected chi connectivity index (χ4v) is 2.33. The number of aromatic nitrogens is 1. The lowest BCUT2D eigenvalue weighted by molar-refractivity contribution is 0.585. The van der Waals surface area contributed by atoms with E-state index < -0.39 is 15.8 Å². The summed E-state index contributed by atoms with van der Waals surface area (Å²) in [6, 6.07) is 1.60. The average Bonchev–Trinajstić information content (AvgIpc) is 2.51. The molecule has 0 unspecified atom stereocenters. The van der Waals surface area contributed by atoms with Gasteiger partial charge in [-0.3, -0.25) is 0 Å². The van der Waals surface area contributed by atoms with Gasteiger partial charge in [0.25, 0.3) is 0 Å². The van der Waals surface area contributed by atoms with E-state index in [4.69, 9.17) is 5.26 Å². The van der Waals surface area contributed by atoms with E-state index in [1.807, 2.05) is 12.3 Å². The van der Waals surface area contributed by atoms with Gasteiger partial charge < -0.3 is 0 Å². The maximum absolute atomic E-state index is 11.1. The first kappa shape index (κ1) is 12.1. The van der Waals surface area contributed by atoms with Gasteiger partial charge >= 0.3 is 0 Å². The number of aryl methyl sites for hydroxylation is 1. The number of nitrogens with zero attached hydrogens (tertiary/aromatic N) is 2. The smallest absolute Gasteiger partial charge is 0.225 e. The van der Waals surface area contributed by atoms with Crippen molar-refractivity contribution in [3.8, 4) is 6.07 Å². The number of hydrogen-bond donors (Lipinski definition) is 1. The lowest BCUT2D eigenvalue weighted by atomic mass is 10.3. The van der Waals surface area contributed by atoms with E-state index >= 15 is 0 Å². The van der Waals surface area contributed by atoms with Gasteiger partial charge in [0.15, 0.2) is 5.75 Å². The fraction of sp³-hybridized carbons (Fsp3) is 0.500. The van der Waals surface area contributed by atoms with E-state index in [2.05, 4.69) is 9.71 Å². The van der Waals surface area contributed by atoms with Crippen molar-refractivity contribution in [1.82, 2.24) is 9.71 Å². The van der Waals surface area contributed by atoms with Crippen LogP contribution < -0.4 is 4.72 Å². The normalized spacial score (nSPS) is 11.2. The van der Waals surface area contributed by atoms with Crippen LogP contribution in [0.5, 0.6) is 0 Å². The van der Waals surface area contributed by atoms with Crippen molar-refractivity contribution >= 4 is 21.4 Å². The summed E-state index contributed by atoms with van der Waals surface area (Å²) in [5.74, 6) is -0.497. The van der Waals surface area contributed by atoms with Crippen molar-refractivity contribution in [3.05, 3.63) is 16.1 Å². The Labute approximate surface area is 92.8 Å². The highest BCUT2D eigenvalue weighted by atomic mass is 32.2. The molecular formula is C8H11N3O2S2. The highest BCUT2D eigenvalue weighted by Gasteiger charge is 2.08. The molecule has 5 nitrogen and oxygen atoms in total. The minimum absolute atomic E-state index is 0.285. The third-order valence-electron chi connectivity index (χ3n) is 1.62. The first-order valence-electron chi connectivity index (χ1n) is 4.29. The molecule has 1 aromatic rings. The molecule has 0 aliphatic heterocycles. The predicted octanol–water partition coefficient (Wildman–Crippen LogP) is 0.437. The maximum atomic E-state index is 11.1. The monoisotopic (exact) mass is 245 g/mol. The molecule has 0 fully saturated rings. The summed E-state index contributed by atoms with van der Waals surface area (Å²) in [6.07, 6.45) is 0.551. The summed E-state index contributed by atoms with van der Waals surface area (Å²) < 4.78 is 24.5. The Bertz CT molecular complexity index is 458. The molecule has 0 aromatic carbocycles. The van der Waals surface area contributed by atoms with Crippen LogP contribution in [0.2, 0.25) is 0 Å². The van der Waals surface area contributed by atoms with Crippen molar-refractivity contribution in [3.63, 3.8) is 0 Å². The van der Waals surface area contributed by atoms with Crippen LogP contribution >= 0.6 is 11.3 Å². The molecule has 0 spiro atoms. The average molecular weight is 245 g/mol. The summed E-state index contributed by atoms with van der Waals surface area (Å²) in [4.78, 5) is 4.19. The fourth-order valence-electron chi connectivity index (χ4n) is 0.994. The Kier molecular flexibility index (Phi) is 4.20. The molecule has 0 saturated carbocycles. The molecule has 0 radical (unpaired) electrons. The van der Waals surface area contributed by atoms with Gasteiger partial charge in [-0.15, -0.1) is 11.3 Å². The van der Waals surface area contributed by atoms with E-state index in [9.17, 15) is 8.42 Å². The Morgan fingerprint density at radius 1 is 1.67 bits per heavy atom. The van der Waals surface area contributed by atoms with Crippen molar-refractivity contribution in [2.24, 2.45) is 0 Å². The van der Waals surface area contributed by atoms with Crippen LogP contribution in [0.3, 0.4) is 0 Å². The van der Waals surface area contributed by atoms with Gasteiger partial charge in [0.05, 0.1) is 16.8 Å². The summed E-state index contributed by atoms with van der Waals surface area (Å²) in [5.41, 5.74) is 0.872. The lowest BCUT2D eigenvalue weighted by Crippen LogP contribution is -2.27. The summed E-state index contributed by atoms with van der Waals surface area (Å²) in [5, 5.41) is 11.1. The van der Waals surface area contributed by atoms with E-state index in [1.54, 1.807) is 6.07 Å². The number of rotatable bonds is 5. The molecule has 0 atom stereocenters. The van der Waals surface area contributed by atoms with Crippen molar-refractivity contribution in [2.75, 3.05) is 12.3 Å². The second-order valence-corrected chi connectivity index (χ2v) is 5.79. The summed E-state index contributed by atoms with van der Waals surface area (Å²) in [6.45, 7) is 2.18. The van der Waals surface area contributed by atoms with Crippen LogP contribution in [0.25, 0.3) is 0 Å². The van der Waals surface area contributed by atoms with Gasteiger partial charge in [-0.2, -0.15) is 5.26 Å². The van der Waals surface area contributed by atoms with E-state index in [0.29, 0.717) is 6.42 Å². The molecule has 1 N–H and O–H groups in total. The van der Waals surface area contributed by atoms with Gasteiger partial charge in [-0.05, 0) is 6.92 Å². The van der Waals surface area contributed by atoms with Crippen molar-refractivity contribution < 1.29 is 8.42 Å². The first-order valence-corrected chi connectivity index (χ1v) is 6.82. The second-order valence-electron chi connectivity index (χ2n) is 2.92. The molecule has 0 aliphatic rings. The van der Waals surface area contributed by atoms with Gasteiger partial charge in [-0.1, -0.05) is 0 Å². The van der Waals surface area contributed by atoms with Crippen LogP contribution in [-0.2, 0) is 16.4 Å². The zero-order chi connectivity index (χ0) is 11.3. The highest BCUT2D eigenvalue weighted by molar-refractivity contribution is 7.89. The largest absolute Gasteiger partial charge is 0.247 e. The third kappa shape index (κ3) is 4.38. The van der Waals surface area contributed by atoms with Crippen LogP contribution in [0.15, 0.2) is 5.38 Å². The molecule has 0 saturated heterocycles. The molecule has 1 rings (SSSR count). The molecule has 0 bridgehead atoms. The quantitative estimate of drug-likeness (QED) is 0.815. The standard InChI is InChI=1S/C8H11N3O2S2/c1-7-11-8(6-14-7)2-4-10-15(12,13)5-3-9/h6,10H,2,4-5H2,1H3. The van der Waals surface area contributed by atoms with Gasteiger partial charge in [-0.25, -0.2) is 18.1 Å². The minimum Gasteiger partial charge on any atom is -0.247 e. The van der Waals surface area contributed by atoms with Crippen molar-refractivity contribution in [1.29, 1.82) is 5.26 Å². The molecule has 0 aliphatic carbocycles. The molecule has 15 heavy (non-hydrogen) atoms. The maximum Gasteiger partial charge on any atom is 0.225 e. The number of thiazole rings is 1. The van der Waals surface area contributed by atoms with E-state index in [0.717, 1.165) is 10.7 Å². The minimum atomic E-state index is -3.43. The zero-order valence-corrected chi connectivity index (χ0v) is 9.86. The predicted molar refractivity (Wildman–Crippen MR) is 58.0 cm³/mol. The van der Waals surface area contributed by atoms with Crippen LogP contribution in [0.1, 0.15) is 10.7 Å². The number of nitriles is 1. The second kappa shape index (κ2) is 5.21. The van der Waals surface area contributed by atoms with Gasteiger partial charge in [0, 0.05) is 18.3 Å². The SMILES string of the molecule is Cc1nc(CCNS(=O)(=O)CC#N)cs1. The Balaban J connectivity index is 2.37. The van der Waals surface area contributed by atoms with Crippen LogP contribution in [-0.4, -0.2) is 25.7 Å². The molecular weight excluding hydrogens is 234 g/mol. The highest BCUT2D eigenvalue weighted by Crippen LogP contribution is 2.07. The number of hydrogen-bond acceptors (Lipinski definition) is 5. The van der Waals surface area contributed by atoms with Gasteiger partial charge in [0.1, 0.15) is 0 Å². The summed E-state index contributed by atoms with van der Waals surface area (Å²) >= 11 is 1.53. The lowest BCUT2D eigenvalue weighted by Gasteiger charge is -2.00. The van der Waals surface area contributed by atoms with Crippen LogP contribution in [0.4, 0.5) is 0 Å². The summed E-state index contributed by atoms with van der Waals surface area (Å²) in [7, 11) is -3.43. The first-order chi connectivity index (χ1) is 7.03. The Morgan fingerprint density at radius 3 is 2.93 bits per heavy atom. The Morgan fingerprint density at radius 2 is 2.40 bits per heavy atom. The number of nitrogens with one attached hydrogen (secondary N) is 1. The van der Waals surface area contributed by atoms with E-state index in [1.165, 1.54) is 11.3 Å². The third-order valence-corrected chi connectivity index (χ3v) is 3.60. The van der Waals surface area contributed by atoms with Crippen LogP contribution in [0, 0.1) is 18.3 Å². The molecule has 0 amide bonds. The van der Waals surface area contributed by atoms with Gasteiger partial charge in [0.2, 0.25) is 10.0 Å². The molecule has 1 heterocycles. The van der Waals surface area contributed by atoms with Crippen molar-refractivity contribution in [2.45, 2.75) is 13.3 Å². The molecule has 7 heteroatoms. The molecule has 82 valence electrons. The topological polar surface area (TPSA) is 82.8 Å². The zero-order valence-electron chi connectivity index (χ0n) is 8.23.